The van der Waals surface area contributed by atoms with Crippen LogP contribution in [0.15, 0.2) is 97.2 Å². The van der Waals surface area contributed by atoms with E-state index in [-0.39, 0.29) is 13.2 Å². The van der Waals surface area contributed by atoms with Gasteiger partial charge in [0.1, 0.15) is 17.0 Å². The van der Waals surface area contributed by atoms with E-state index in [4.69, 9.17) is 5.73 Å². The number of nitrogens with two attached hydrogens (primary N) is 1. The lowest BCUT2D eigenvalue weighted by molar-refractivity contribution is 0.259. The Morgan fingerprint density at radius 2 is 1.34 bits per heavy atom. The van der Waals surface area contributed by atoms with Gasteiger partial charge in [0.25, 0.3) is 0 Å². The van der Waals surface area contributed by atoms with Gasteiger partial charge in [-0.2, -0.15) is 5.10 Å². The molecule has 1 heterocycles. The summed E-state index contributed by atoms with van der Waals surface area (Å²) in [5.41, 5.74) is 8.02. The van der Waals surface area contributed by atoms with E-state index >= 15 is 0 Å². The molecule has 4 rings (SSSR count). The molecule has 32 heavy (non-hydrogen) atoms. The molecule has 2 amide bonds. The smallest absolute Gasteiger partial charge is 0.316 e. The van der Waals surface area contributed by atoms with Gasteiger partial charge in [-0.15, -0.1) is 0 Å². The van der Waals surface area contributed by atoms with Crippen molar-refractivity contribution in [2.24, 2.45) is 5.73 Å². The molecular weight excluding hydrogens is 402 g/mol. The summed E-state index contributed by atoms with van der Waals surface area (Å²) in [4.78, 5) is 11.7. The number of aliphatic hydroxyl groups excluding tert-OH is 1. The predicted molar refractivity (Wildman–Crippen MR) is 125 cm³/mol. The fourth-order valence-corrected chi connectivity index (χ4v) is 3.96. The lowest BCUT2D eigenvalue weighted by atomic mass is 9.77. The highest BCUT2D eigenvalue weighted by molar-refractivity contribution is 5.91. The first-order valence-corrected chi connectivity index (χ1v) is 10.3. The Kier molecular flexibility index (Phi) is 6.19. The number of amides is 2. The molecule has 3 aromatic carbocycles. The number of aliphatic hydroxyl groups is 1. The van der Waals surface area contributed by atoms with E-state index in [1.165, 1.54) is 6.20 Å². The quantitative estimate of drug-likeness (QED) is 0.321. The van der Waals surface area contributed by atoms with Gasteiger partial charge in [-0.25, -0.2) is 9.48 Å². The van der Waals surface area contributed by atoms with Crippen LogP contribution in [-0.4, -0.2) is 27.5 Å². The molecule has 0 aliphatic heterocycles. The van der Waals surface area contributed by atoms with Crippen molar-refractivity contribution in [3.05, 3.63) is 114 Å². The molecule has 7 nitrogen and oxygen atoms in total. The third-order valence-electron chi connectivity index (χ3n) is 5.34. The fourth-order valence-electron chi connectivity index (χ4n) is 3.96. The maximum Gasteiger partial charge on any atom is 0.316 e. The summed E-state index contributed by atoms with van der Waals surface area (Å²) in [6.45, 7) is 0.138. The van der Waals surface area contributed by atoms with Crippen molar-refractivity contribution in [2.75, 3.05) is 17.2 Å². The van der Waals surface area contributed by atoms with Gasteiger partial charge >= 0.3 is 6.03 Å². The van der Waals surface area contributed by atoms with Gasteiger partial charge in [0, 0.05) is 0 Å². The SMILES string of the molecule is NC(=O)Nc1cnn(CCO)c1NC(c1ccccc1)(c1ccccc1)c1ccccc1. The average molecular weight is 428 g/mol. The molecule has 0 fully saturated rings. The van der Waals surface area contributed by atoms with E-state index < -0.39 is 11.6 Å². The summed E-state index contributed by atoms with van der Waals surface area (Å²) < 4.78 is 1.62. The first kappa shape index (κ1) is 21.1. The first-order chi connectivity index (χ1) is 15.6. The van der Waals surface area contributed by atoms with E-state index in [1.807, 2.05) is 54.6 Å². The molecule has 0 bridgehead atoms. The van der Waals surface area contributed by atoms with Gasteiger partial charge in [-0.3, -0.25) is 0 Å². The standard InChI is InChI=1S/C25H25N5O2/c26-24(32)28-22-18-27-30(16-17-31)23(22)29-25(19-10-4-1-5-11-19,20-12-6-2-7-13-20)21-14-8-3-9-15-21/h1-15,18,29,31H,16-17H2,(H3,26,28,32). The van der Waals surface area contributed by atoms with Crippen LogP contribution in [-0.2, 0) is 12.1 Å². The lowest BCUT2D eigenvalue weighted by Gasteiger charge is -2.38. The fraction of sp³-hybridized carbons (Fsp3) is 0.120. The third kappa shape index (κ3) is 4.06. The van der Waals surface area contributed by atoms with Crippen LogP contribution in [0.1, 0.15) is 16.7 Å². The van der Waals surface area contributed by atoms with Gasteiger partial charge in [0.2, 0.25) is 0 Å². The van der Waals surface area contributed by atoms with Gasteiger partial charge in [0.15, 0.2) is 0 Å². The molecule has 5 N–H and O–H groups in total. The number of hydrogen-bond acceptors (Lipinski definition) is 4. The highest BCUT2D eigenvalue weighted by Gasteiger charge is 2.38. The highest BCUT2D eigenvalue weighted by atomic mass is 16.3. The Hall–Kier alpha value is -4.10. The number of rotatable bonds is 8. The minimum absolute atomic E-state index is 0.110. The van der Waals surface area contributed by atoms with Gasteiger partial charge in [-0.05, 0) is 16.7 Å². The molecule has 162 valence electrons. The number of hydrogen-bond donors (Lipinski definition) is 4. The number of aromatic nitrogens is 2. The largest absolute Gasteiger partial charge is 0.394 e. The van der Waals surface area contributed by atoms with Crippen LogP contribution >= 0.6 is 0 Å². The van der Waals surface area contributed by atoms with E-state index in [0.29, 0.717) is 11.5 Å². The Labute approximate surface area is 186 Å². The number of carbonyl (C=O) groups excluding carboxylic acids is 1. The number of carbonyl (C=O) groups is 1. The maximum absolute atomic E-state index is 11.7. The Balaban J connectivity index is 2.00. The van der Waals surface area contributed by atoms with E-state index in [2.05, 4.69) is 52.1 Å². The van der Waals surface area contributed by atoms with Crippen molar-refractivity contribution in [1.29, 1.82) is 0 Å². The minimum atomic E-state index is -0.814. The Morgan fingerprint density at radius 3 is 1.75 bits per heavy atom. The second-order valence-corrected chi connectivity index (χ2v) is 7.32. The molecule has 0 aliphatic rings. The van der Waals surface area contributed by atoms with Crippen LogP contribution in [0.5, 0.6) is 0 Å². The van der Waals surface area contributed by atoms with Crippen molar-refractivity contribution >= 4 is 17.5 Å². The second-order valence-electron chi connectivity index (χ2n) is 7.32. The monoisotopic (exact) mass is 427 g/mol. The molecule has 0 radical (unpaired) electrons. The van der Waals surface area contributed by atoms with Crippen LogP contribution in [0, 0.1) is 0 Å². The molecule has 0 spiro atoms. The molecule has 4 aromatic rings. The highest BCUT2D eigenvalue weighted by Crippen LogP contribution is 2.41. The lowest BCUT2D eigenvalue weighted by Crippen LogP contribution is -2.39. The zero-order valence-electron chi connectivity index (χ0n) is 17.5. The summed E-state index contributed by atoms with van der Waals surface area (Å²) in [6.07, 6.45) is 1.52. The topological polar surface area (TPSA) is 105 Å². The van der Waals surface area contributed by atoms with Gasteiger partial charge in [0.05, 0.1) is 19.3 Å². The molecule has 0 saturated carbocycles. The molecule has 0 aliphatic carbocycles. The minimum Gasteiger partial charge on any atom is -0.394 e. The summed E-state index contributed by atoms with van der Waals surface area (Å²) >= 11 is 0. The van der Waals surface area contributed by atoms with Crippen molar-refractivity contribution < 1.29 is 9.90 Å². The normalized spacial score (nSPS) is 11.2. The molecule has 0 saturated heterocycles. The van der Waals surface area contributed by atoms with Gasteiger partial charge < -0.3 is 21.5 Å². The summed E-state index contributed by atoms with van der Waals surface area (Å²) in [6, 6.07) is 29.5. The number of nitrogens with zero attached hydrogens (tertiary/aromatic N) is 2. The molecule has 0 unspecified atom stereocenters. The van der Waals surface area contributed by atoms with Crippen molar-refractivity contribution in [2.45, 2.75) is 12.1 Å². The Bertz CT molecular complexity index is 1060. The number of benzene rings is 3. The van der Waals surface area contributed by atoms with E-state index in [1.54, 1.807) is 4.68 Å². The number of anilines is 2. The Morgan fingerprint density at radius 1 is 0.875 bits per heavy atom. The molecule has 7 heteroatoms. The van der Waals surface area contributed by atoms with Crippen LogP contribution in [0.2, 0.25) is 0 Å². The predicted octanol–water partition coefficient (Wildman–Crippen LogP) is 3.77. The molecular formula is C25H25N5O2. The van der Waals surface area contributed by atoms with Crippen molar-refractivity contribution in [3.63, 3.8) is 0 Å². The maximum atomic E-state index is 11.7. The van der Waals surface area contributed by atoms with Crippen molar-refractivity contribution in [1.82, 2.24) is 9.78 Å². The van der Waals surface area contributed by atoms with Crippen LogP contribution in [0.3, 0.4) is 0 Å². The van der Waals surface area contributed by atoms with Crippen molar-refractivity contribution in [3.8, 4) is 0 Å². The molecule has 1 aromatic heterocycles. The average Bonchev–Trinajstić information content (AvgIpc) is 3.19. The third-order valence-corrected chi connectivity index (χ3v) is 5.34. The zero-order chi connectivity index (χ0) is 22.4. The number of nitrogens with one attached hydrogen (secondary N) is 2. The summed E-state index contributed by atoms with van der Waals surface area (Å²) in [5, 5.41) is 20.2. The van der Waals surface area contributed by atoms with Crippen LogP contribution in [0.4, 0.5) is 16.3 Å². The van der Waals surface area contributed by atoms with Gasteiger partial charge in [-0.1, -0.05) is 91.0 Å². The summed E-state index contributed by atoms with van der Waals surface area (Å²) in [7, 11) is 0. The molecule has 0 atom stereocenters. The van der Waals surface area contributed by atoms with Crippen LogP contribution in [0.25, 0.3) is 0 Å². The van der Waals surface area contributed by atoms with E-state index in [9.17, 15) is 9.90 Å². The first-order valence-electron chi connectivity index (χ1n) is 10.3. The zero-order valence-corrected chi connectivity index (χ0v) is 17.5. The number of urea groups is 1. The second kappa shape index (κ2) is 9.36. The number of primary amides is 1. The van der Waals surface area contributed by atoms with Crippen LogP contribution < -0.4 is 16.4 Å². The summed E-state index contributed by atoms with van der Waals surface area (Å²) in [5.74, 6) is 0.536. The van der Waals surface area contributed by atoms with E-state index in [0.717, 1.165) is 16.7 Å².